The number of ether oxygens (including phenoxy) is 1. The van der Waals surface area contributed by atoms with Crippen molar-refractivity contribution in [1.82, 2.24) is 5.32 Å². The monoisotopic (exact) mass is 255 g/mol. The summed E-state index contributed by atoms with van der Waals surface area (Å²) in [6, 6.07) is 0.729. The average Bonchev–Trinajstić information content (AvgIpc) is 2.39. The molecule has 1 aliphatic carbocycles. The molecule has 0 bridgehead atoms. The smallest absolute Gasteiger partial charge is 0.0462 e. The zero-order chi connectivity index (χ0) is 13.2. The number of hydrogen-bond donors (Lipinski definition) is 1. The van der Waals surface area contributed by atoms with Crippen LogP contribution in [-0.2, 0) is 4.74 Å². The highest BCUT2D eigenvalue weighted by atomic mass is 16.5. The first kappa shape index (κ1) is 16.0. The van der Waals surface area contributed by atoms with E-state index in [1.807, 2.05) is 0 Å². The summed E-state index contributed by atoms with van der Waals surface area (Å²) in [6.07, 6.45) is 11.1. The molecule has 1 N–H and O–H groups in total. The summed E-state index contributed by atoms with van der Waals surface area (Å²) in [7, 11) is 1.80. The lowest BCUT2D eigenvalue weighted by Gasteiger charge is -2.34. The van der Waals surface area contributed by atoms with Gasteiger partial charge in [-0.15, -0.1) is 0 Å². The molecular formula is C16H33NO. The van der Waals surface area contributed by atoms with Crippen LogP contribution in [0.25, 0.3) is 0 Å². The zero-order valence-corrected chi connectivity index (χ0v) is 12.7. The van der Waals surface area contributed by atoms with Gasteiger partial charge < -0.3 is 10.1 Å². The molecule has 0 amide bonds. The second-order valence-corrected chi connectivity index (χ2v) is 5.87. The SMILES string of the molecule is CCCC1CCC(C(CCCOC)NCC)CC1. The van der Waals surface area contributed by atoms with E-state index in [1.54, 1.807) is 7.11 Å². The van der Waals surface area contributed by atoms with Crippen LogP contribution in [0.1, 0.15) is 65.2 Å². The van der Waals surface area contributed by atoms with E-state index in [0.29, 0.717) is 0 Å². The first-order valence-electron chi connectivity index (χ1n) is 8.04. The molecule has 0 aromatic rings. The van der Waals surface area contributed by atoms with Crippen LogP contribution in [0.2, 0.25) is 0 Å². The molecular weight excluding hydrogens is 222 g/mol. The quantitative estimate of drug-likeness (QED) is 0.629. The molecule has 0 radical (unpaired) electrons. The Labute approximate surface area is 114 Å². The van der Waals surface area contributed by atoms with E-state index in [9.17, 15) is 0 Å². The second kappa shape index (κ2) is 9.80. The van der Waals surface area contributed by atoms with Gasteiger partial charge in [0.25, 0.3) is 0 Å². The summed E-state index contributed by atoms with van der Waals surface area (Å²) < 4.78 is 5.18. The van der Waals surface area contributed by atoms with Crippen LogP contribution in [0.4, 0.5) is 0 Å². The van der Waals surface area contributed by atoms with Gasteiger partial charge in [0.2, 0.25) is 0 Å². The molecule has 1 atom stereocenters. The molecule has 1 unspecified atom stereocenters. The minimum absolute atomic E-state index is 0.729. The number of rotatable bonds is 9. The predicted octanol–water partition coefficient (Wildman–Crippen LogP) is 4.00. The van der Waals surface area contributed by atoms with Crippen molar-refractivity contribution in [1.29, 1.82) is 0 Å². The Morgan fingerprint density at radius 3 is 2.44 bits per heavy atom. The Balaban J connectivity index is 2.30. The van der Waals surface area contributed by atoms with Gasteiger partial charge in [0.15, 0.2) is 0 Å². The van der Waals surface area contributed by atoms with Crippen LogP contribution < -0.4 is 5.32 Å². The summed E-state index contributed by atoms with van der Waals surface area (Å²) >= 11 is 0. The Bertz CT molecular complexity index is 188. The normalized spacial score (nSPS) is 26.2. The maximum Gasteiger partial charge on any atom is 0.0462 e. The highest BCUT2D eigenvalue weighted by molar-refractivity contribution is 4.81. The molecule has 0 saturated heterocycles. The van der Waals surface area contributed by atoms with Crippen molar-refractivity contribution in [2.75, 3.05) is 20.3 Å². The lowest BCUT2D eigenvalue weighted by atomic mass is 9.76. The van der Waals surface area contributed by atoms with Crippen molar-refractivity contribution in [3.8, 4) is 0 Å². The Kier molecular flexibility index (Phi) is 8.70. The van der Waals surface area contributed by atoms with Crippen molar-refractivity contribution in [3.63, 3.8) is 0 Å². The number of nitrogens with one attached hydrogen (secondary N) is 1. The summed E-state index contributed by atoms with van der Waals surface area (Å²) in [5.74, 6) is 1.93. The standard InChI is InChI=1S/C16H33NO/c1-4-7-14-9-11-15(12-10-14)16(17-5-2)8-6-13-18-3/h14-17H,4-13H2,1-3H3. The van der Waals surface area contributed by atoms with Crippen LogP contribution in [0.15, 0.2) is 0 Å². The summed E-state index contributed by atoms with van der Waals surface area (Å²) in [5, 5.41) is 3.70. The Hall–Kier alpha value is -0.0800. The van der Waals surface area contributed by atoms with Crippen molar-refractivity contribution >= 4 is 0 Å². The fourth-order valence-corrected chi connectivity index (χ4v) is 3.50. The third-order valence-corrected chi connectivity index (χ3v) is 4.49. The fraction of sp³-hybridized carbons (Fsp3) is 1.00. The van der Waals surface area contributed by atoms with Crippen molar-refractivity contribution in [2.24, 2.45) is 11.8 Å². The molecule has 0 spiro atoms. The average molecular weight is 255 g/mol. The van der Waals surface area contributed by atoms with Crippen LogP contribution in [-0.4, -0.2) is 26.3 Å². The van der Waals surface area contributed by atoms with Gasteiger partial charge in [-0.05, 0) is 44.1 Å². The predicted molar refractivity (Wildman–Crippen MR) is 78.9 cm³/mol. The lowest BCUT2D eigenvalue weighted by molar-refractivity contribution is 0.169. The molecule has 0 aromatic heterocycles. The van der Waals surface area contributed by atoms with Crippen molar-refractivity contribution < 1.29 is 4.74 Å². The van der Waals surface area contributed by atoms with Gasteiger partial charge in [0, 0.05) is 19.8 Å². The highest BCUT2D eigenvalue weighted by Crippen LogP contribution is 2.34. The third-order valence-electron chi connectivity index (χ3n) is 4.49. The van der Waals surface area contributed by atoms with E-state index in [4.69, 9.17) is 4.74 Å². The van der Waals surface area contributed by atoms with E-state index in [1.165, 1.54) is 51.4 Å². The lowest BCUT2D eigenvalue weighted by Crippen LogP contribution is -2.38. The van der Waals surface area contributed by atoms with Crippen LogP contribution in [0.3, 0.4) is 0 Å². The molecule has 2 nitrogen and oxygen atoms in total. The molecule has 108 valence electrons. The van der Waals surface area contributed by atoms with E-state index >= 15 is 0 Å². The molecule has 0 heterocycles. The van der Waals surface area contributed by atoms with E-state index in [0.717, 1.165) is 31.0 Å². The highest BCUT2D eigenvalue weighted by Gasteiger charge is 2.26. The minimum atomic E-state index is 0.729. The molecule has 1 fully saturated rings. The van der Waals surface area contributed by atoms with Crippen molar-refractivity contribution in [2.45, 2.75) is 71.3 Å². The van der Waals surface area contributed by atoms with Gasteiger partial charge in [0.05, 0.1) is 0 Å². The summed E-state index contributed by atoms with van der Waals surface area (Å²) in [4.78, 5) is 0. The van der Waals surface area contributed by atoms with Gasteiger partial charge in [-0.25, -0.2) is 0 Å². The number of hydrogen-bond acceptors (Lipinski definition) is 2. The fourth-order valence-electron chi connectivity index (χ4n) is 3.50. The van der Waals surface area contributed by atoms with Gasteiger partial charge >= 0.3 is 0 Å². The molecule has 18 heavy (non-hydrogen) atoms. The topological polar surface area (TPSA) is 21.3 Å². The van der Waals surface area contributed by atoms with Gasteiger partial charge in [-0.1, -0.05) is 39.5 Å². The molecule has 1 rings (SSSR count). The number of methoxy groups -OCH3 is 1. The van der Waals surface area contributed by atoms with Crippen LogP contribution in [0.5, 0.6) is 0 Å². The maximum atomic E-state index is 5.18. The first-order chi connectivity index (χ1) is 8.81. The largest absolute Gasteiger partial charge is 0.385 e. The van der Waals surface area contributed by atoms with Gasteiger partial charge in [0.1, 0.15) is 0 Å². The van der Waals surface area contributed by atoms with Gasteiger partial charge in [-0.2, -0.15) is 0 Å². The summed E-state index contributed by atoms with van der Waals surface area (Å²) in [6.45, 7) is 6.56. The second-order valence-electron chi connectivity index (χ2n) is 5.87. The van der Waals surface area contributed by atoms with Crippen LogP contribution >= 0.6 is 0 Å². The van der Waals surface area contributed by atoms with Crippen molar-refractivity contribution in [3.05, 3.63) is 0 Å². The minimum Gasteiger partial charge on any atom is -0.385 e. The maximum absolute atomic E-state index is 5.18. The molecule has 1 saturated carbocycles. The molecule has 2 heteroatoms. The zero-order valence-electron chi connectivity index (χ0n) is 12.7. The first-order valence-corrected chi connectivity index (χ1v) is 8.04. The Morgan fingerprint density at radius 2 is 1.89 bits per heavy atom. The Morgan fingerprint density at radius 1 is 1.17 bits per heavy atom. The molecule has 0 aliphatic heterocycles. The van der Waals surface area contributed by atoms with E-state index < -0.39 is 0 Å². The summed E-state index contributed by atoms with van der Waals surface area (Å²) in [5.41, 5.74) is 0. The molecule has 0 aromatic carbocycles. The van der Waals surface area contributed by atoms with E-state index in [2.05, 4.69) is 19.2 Å². The van der Waals surface area contributed by atoms with E-state index in [-0.39, 0.29) is 0 Å². The van der Waals surface area contributed by atoms with Crippen LogP contribution in [0, 0.1) is 11.8 Å². The molecule has 1 aliphatic rings. The third kappa shape index (κ3) is 5.71. The van der Waals surface area contributed by atoms with Gasteiger partial charge in [-0.3, -0.25) is 0 Å².